The molecule has 0 aromatic rings. The highest BCUT2D eigenvalue weighted by Gasteiger charge is 2.38. The molecule has 0 radical (unpaired) electrons. The standard InChI is InChI=1S/C4H2Cl6N2O7S2/c5-3(6,7)1(13)11-20(15,16)19-21(17,18)12-2(14)4(8,9)10/h(H,11,13)(H,12,14). The molecule has 0 heterocycles. The van der Waals surface area contributed by atoms with Crippen molar-refractivity contribution in [2.24, 2.45) is 0 Å². The Balaban J connectivity index is 5.03. The molecular formula is C4H2Cl6N2O7S2. The highest BCUT2D eigenvalue weighted by Crippen LogP contribution is 2.27. The molecule has 0 unspecified atom stereocenters. The number of rotatable bonds is 4. The Hall–Kier alpha value is 0.540. The van der Waals surface area contributed by atoms with Gasteiger partial charge < -0.3 is 0 Å². The van der Waals surface area contributed by atoms with E-state index in [1.807, 2.05) is 0 Å². The van der Waals surface area contributed by atoms with Crippen molar-refractivity contribution in [2.45, 2.75) is 7.59 Å². The summed E-state index contributed by atoms with van der Waals surface area (Å²) in [6, 6.07) is 0. The fourth-order valence-electron chi connectivity index (χ4n) is 0.495. The lowest BCUT2D eigenvalue weighted by Gasteiger charge is -2.13. The quantitative estimate of drug-likeness (QED) is 0.574. The summed E-state index contributed by atoms with van der Waals surface area (Å²) in [4.78, 5) is 22.1. The zero-order chi connectivity index (χ0) is 17.3. The number of carbonyl (C=O) groups is 2. The lowest BCUT2D eigenvalue weighted by molar-refractivity contribution is -0.119. The first-order valence-electron chi connectivity index (χ1n) is 3.95. The molecule has 0 spiro atoms. The van der Waals surface area contributed by atoms with Crippen molar-refractivity contribution in [2.75, 3.05) is 0 Å². The largest absolute Gasteiger partial charge is 0.378 e. The van der Waals surface area contributed by atoms with Crippen molar-refractivity contribution >= 4 is 102 Å². The second-order valence-electron chi connectivity index (χ2n) is 2.83. The highest BCUT2D eigenvalue weighted by atomic mass is 35.6. The van der Waals surface area contributed by atoms with Gasteiger partial charge in [0.15, 0.2) is 0 Å². The average Bonchev–Trinajstić information content (AvgIpc) is 2.09. The molecule has 0 aliphatic carbocycles. The van der Waals surface area contributed by atoms with E-state index in [1.165, 1.54) is 0 Å². The Labute approximate surface area is 148 Å². The Morgan fingerprint density at radius 3 is 1.14 bits per heavy atom. The van der Waals surface area contributed by atoms with Crippen LogP contribution in [0.15, 0.2) is 0 Å². The Bertz CT molecular complexity index is 575. The fourth-order valence-corrected chi connectivity index (χ4v) is 3.09. The summed E-state index contributed by atoms with van der Waals surface area (Å²) < 4.78 is 44.6. The van der Waals surface area contributed by atoms with Crippen molar-refractivity contribution in [1.82, 2.24) is 9.44 Å². The molecule has 0 saturated heterocycles. The number of hydrogen-bond donors (Lipinski definition) is 2. The molecule has 0 aliphatic rings. The first-order chi connectivity index (χ1) is 8.96. The predicted octanol–water partition coefficient (Wildman–Crippen LogP) is 0.465. The summed E-state index contributed by atoms with van der Waals surface area (Å²) in [5, 5.41) is 0. The molecule has 0 rings (SSSR count). The number of nitrogens with one attached hydrogen (secondary N) is 2. The molecule has 0 aromatic heterocycles. The van der Waals surface area contributed by atoms with E-state index >= 15 is 0 Å². The summed E-state index contributed by atoms with van der Waals surface area (Å²) in [5.74, 6) is -3.48. The van der Waals surface area contributed by atoms with Crippen LogP contribution in [0.1, 0.15) is 0 Å². The lowest BCUT2D eigenvalue weighted by Crippen LogP contribution is -2.45. The number of amides is 2. The maximum absolute atomic E-state index is 11.2. The van der Waals surface area contributed by atoms with E-state index in [1.54, 1.807) is 0 Å². The van der Waals surface area contributed by atoms with Crippen LogP contribution in [0.2, 0.25) is 0 Å². The van der Waals surface area contributed by atoms with Gasteiger partial charge in [0.25, 0.3) is 19.4 Å². The van der Waals surface area contributed by atoms with E-state index < -0.39 is 40.0 Å². The van der Waals surface area contributed by atoms with Crippen LogP contribution in [0.25, 0.3) is 0 Å². The monoisotopic (exact) mass is 464 g/mol. The minimum atomic E-state index is -5.30. The van der Waals surface area contributed by atoms with Gasteiger partial charge in [-0.05, 0) is 0 Å². The van der Waals surface area contributed by atoms with E-state index in [0.717, 1.165) is 9.44 Å². The van der Waals surface area contributed by atoms with Gasteiger partial charge in [-0.25, -0.2) is 9.44 Å². The van der Waals surface area contributed by atoms with Crippen LogP contribution in [0, 0.1) is 0 Å². The van der Waals surface area contributed by atoms with Crippen LogP contribution >= 0.6 is 69.6 Å². The van der Waals surface area contributed by atoms with Gasteiger partial charge in [0.1, 0.15) is 0 Å². The minimum absolute atomic E-state index is 0.950. The van der Waals surface area contributed by atoms with Gasteiger partial charge in [0.2, 0.25) is 0 Å². The molecule has 0 bridgehead atoms. The van der Waals surface area contributed by atoms with Crippen LogP contribution in [0.4, 0.5) is 0 Å². The Kier molecular flexibility index (Phi) is 7.15. The molecular weight excluding hydrogens is 465 g/mol. The smallest absolute Gasteiger partial charge is 0.269 e. The summed E-state index contributed by atoms with van der Waals surface area (Å²) >= 11 is 30.2. The molecule has 0 aromatic carbocycles. The maximum Gasteiger partial charge on any atom is 0.378 e. The van der Waals surface area contributed by atoms with Crippen LogP contribution < -0.4 is 9.44 Å². The van der Waals surface area contributed by atoms with E-state index in [4.69, 9.17) is 69.6 Å². The molecule has 0 aliphatic heterocycles. The summed E-state index contributed by atoms with van der Waals surface area (Å²) in [6.07, 6.45) is 0. The van der Waals surface area contributed by atoms with Gasteiger partial charge in [-0.1, -0.05) is 69.6 Å². The first kappa shape index (κ1) is 21.5. The van der Waals surface area contributed by atoms with Gasteiger partial charge >= 0.3 is 20.6 Å². The second kappa shape index (κ2) is 6.97. The van der Waals surface area contributed by atoms with E-state index in [0.29, 0.717) is 0 Å². The van der Waals surface area contributed by atoms with E-state index in [2.05, 4.69) is 3.63 Å². The van der Waals surface area contributed by atoms with Gasteiger partial charge in [0.05, 0.1) is 0 Å². The van der Waals surface area contributed by atoms with Gasteiger partial charge in [0, 0.05) is 0 Å². The number of carbonyl (C=O) groups excluding carboxylic acids is 2. The molecule has 2 amide bonds. The van der Waals surface area contributed by atoms with Crippen molar-refractivity contribution in [3.63, 3.8) is 0 Å². The zero-order valence-electron chi connectivity index (χ0n) is 8.94. The fraction of sp³-hybridized carbons (Fsp3) is 0.500. The van der Waals surface area contributed by atoms with Crippen LogP contribution in [0.3, 0.4) is 0 Å². The van der Waals surface area contributed by atoms with Crippen molar-refractivity contribution in [3.8, 4) is 0 Å². The number of alkyl halides is 6. The molecule has 2 N–H and O–H groups in total. The van der Waals surface area contributed by atoms with Crippen molar-refractivity contribution < 1.29 is 30.1 Å². The normalized spacial score (nSPS) is 13.6. The molecule has 124 valence electrons. The topological polar surface area (TPSA) is 136 Å². The van der Waals surface area contributed by atoms with Crippen molar-refractivity contribution in [1.29, 1.82) is 0 Å². The molecule has 17 heteroatoms. The van der Waals surface area contributed by atoms with Crippen LogP contribution in [0.5, 0.6) is 0 Å². The third kappa shape index (κ3) is 8.67. The molecule has 0 fully saturated rings. The molecule has 0 saturated carbocycles. The van der Waals surface area contributed by atoms with Crippen LogP contribution in [-0.2, 0) is 33.8 Å². The molecule has 21 heavy (non-hydrogen) atoms. The SMILES string of the molecule is O=C(NS(=O)(=O)OS(=O)(=O)NC(=O)C(Cl)(Cl)Cl)C(Cl)(Cl)Cl. The minimum Gasteiger partial charge on any atom is -0.269 e. The third-order valence-electron chi connectivity index (χ3n) is 1.13. The van der Waals surface area contributed by atoms with Gasteiger partial charge in [-0.15, -0.1) is 3.63 Å². The summed E-state index contributed by atoms with van der Waals surface area (Å²) in [6.45, 7) is 0. The van der Waals surface area contributed by atoms with Gasteiger partial charge in [-0.2, -0.15) is 16.8 Å². The predicted molar refractivity (Wildman–Crippen MR) is 75.8 cm³/mol. The first-order valence-corrected chi connectivity index (χ1v) is 9.03. The van der Waals surface area contributed by atoms with E-state index in [9.17, 15) is 26.4 Å². The van der Waals surface area contributed by atoms with Gasteiger partial charge in [-0.3, -0.25) is 9.59 Å². The third-order valence-corrected chi connectivity index (χ3v) is 4.46. The molecule has 0 atom stereocenters. The van der Waals surface area contributed by atoms with Crippen LogP contribution in [-0.4, -0.2) is 36.2 Å². The summed E-state index contributed by atoms with van der Waals surface area (Å²) in [5.41, 5.74) is 0. The zero-order valence-corrected chi connectivity index (χ0v) is 15.1. The lowest BCUT2D eigenvalue weighted by atomic mass is 10.7. The Morgan fingerprint density at radius 2 is 0.952 bits per heavy atom. The van der Waals surface area contributed by atoms with E-state index in [-0.39, 0.29) is 0 Å². The molecule has 9 nitrogen and oxygen atoms in total. The summed E-state index contributed by atoms with van der Waals surface area (Å²) in [7, 11) is -10.6. The maximum atomic E-state index is 11.2. The second-order valence-corrected chi connectivity index (χ2v) is 10.2. The average molecular weight is 467 g/mol. The number of hydrogen-bond acceptors (Lipinski definition) is 7. The number of halogens is 6. The van der Waals surface area contributed by atoms with Crippen molar-refractivity contribution in [3.05, 3.63) is 0 Å². The Morgan fingerprint density at radius 1 is 0.714 bits per heavy atom. The highest BCUT2D eigenvalue weighted by molar-refractivity contribution is 7.98.